The summed E-state index contributed by atoms with van der Waals surface area (Å²) in [6.07, 6.45) is 2.69. The fourth-order valence-corrected chi connectivity index (χ4v) is 2.05. The SMILES string of the molecule is C=CC(=O)OCCCCOc1ccc(N=Nc2ccc(N=NC)cc2)cc1. The van der Waals surface area contributed by atoms with Crippen LogP contribution in [-0.4, -0.2) is 26.2 Å². The summed E-state index contributed by atoms with van der Waals surface area (Å²) in [5.74, 6) is 0.356. The van der Waals surface area contributed by atoms with E-state index in [2.05, 4.69) is 27.0 Å². The maximum absolute atomic E-state index is 10.9. The molecular weight excluding hydrogens is 344 g/mol. The summed E-state index contributed by atoms with van der Waals surface area (Å²) in [7, 11) is 1.63. The van der Waals surface area contributed by atoms with E-state index in [0.29, 0.717) is 13.2 Å². The molecule has 0 fully saturated rings. The molecule has 0 aliphatic heterocycles. The molecule has 2 aromatic rings. The Bertz CT molecular complexity index is 784. The van der Waals surface area contributed by atoms with E-state index in [9.17, 15) is 4.79 Å². The smallest absolute Gasteiger partial charge is 0.330 e. The first-order valence-electron chi connectivity index (χ1n) is 8.55. The van der Waals surface area contributed by atoms with Crippen LogP contribution in [0.5, 0.6) is 5.75 Å². The first kappa shape index (κ1) is 20.0. The molecule has 2 aromatic carbocycles. The molecule has 0 spiro atoms. The number of esters is 1. The van der Waals surface area contributed by atoms with Crippen LogP contribution in [0, 0.1) is 0 Å². The van der Waals surface area contributed by atoms with Gasteiger partial charge in [-0.3, -0.25) is 0 Å². The van der Waals surface area contributed by atoms with Crippen LogP contribution in [0.4, 0.5) is 17.1 Å². The van der Waals surface area contributed by atoms with E-state index in [1.165, 1.54) is 0 Å². The van der Waals surface area contributed by atoms with Crippen molar-refractivity contribution in [2.45, 2.75) is 12.8 Å². The number of nitrogens with zero attached hydrogens (tertiary/aromatic N) is 4. The van der Waals surface area contributed by atoms with Crippen molar-refractivity contribution in [3.05, 3.63) is 61.2 Å². The minimum absolute atomic E-state index is 0.371. The first-order chi connectivity index (χ1) is 13.2. The van der Waals surface area contributed by atoms with Gasteiger partial charge in [-0.15, -0.1) is 0 Å². The number of carbonyl (C=O) groups is 1. The standard InChI is InChI=1S/C20H22N4O3/c1-3-20(25)27-15-5-4-14-26-19-12-10-18(11-13-19)24-23-17-8-6-16(7-9-17)22-21-2/h3,6-13H,1,4-5,14-15H2,2H3. The zero-order chi connectivity index (χ0) is 19.3. The fourth-order valence-electron chi connectivity index (χ4n) is 2.05. The van der Waals surface area contributed by atoms with E-state index in [4.69, 9.17) is 9.47 Å². The van der Waals surface area contributed by atoms with E-state index in [1.807, 2.05) is 48.5 Å². The quantitative estimate of drug-likeness (QED) is 0.234. The maximum atomic E-state index is 10.9. The Morgan fingerprint density at radius 1 is 0.889 bits per heavy atom. The normalized spacial score (nSPS) is 11.0. The van der Waals surface area contributed by atoms with Crippen molar-refractivity contribution >= 4 is 23.0 Å². The molecule has 2 rings (SSSR count). The largest absolute Gasteiger partial charge is 0.494 e. The van der Waals surface area contributed by atoms with E-state index < -0.39 is 5.97 Å². The number of unbranched alkanes of at least 4 members (excludes halogenated alkanes) is 1. The van der Waals surface area contributed by atoms with Crippen molar-refractivity contribution in [2.75, 3.05) is 20.3 Å². The third kappa shape index (κ3) is 7.60. The number of azo groups is 2. The van der Waals surface area contributed by atoms with Crippen LogP contribution in [0.25, 0.3) is 0 Å². The van der Waals surface area contributed by atoms with E-state index in [1.54, 1.807) is 7.05 Å². The summed E-state index contributed by atoms with van der Waals surface area (Å²) >= 11 is 0. The Kier molecular flexibility index (Phi) is 8.36. The Hall–Kier alpha value is -3.35. The van der Waals surface area contributed by atoms with Crippen LogP contribution < -0.4 is 4.74 Å². The summed E-state index contributed by atoms with van der Waals surface area (Å²) in [6.45, 7) is 4.26. The number of rotatable bonds is 10. The molecule has 7 heteroatoms. The van der Waals surface area contributed by atoms with Crippen LogP contribution in [-0.2, 0) is 9.53 Å². The third-order valence-corrected chi connectivity index (χ3v) is 3.40. The van der Waals surface area contributed by atoms with Gasteiger partial charge in [-0.1, -0.05) is 6.58 Å². The minimum atomic E-state index is -0.400. The van der Waals surface area contributed by atoms with Gasteiger partial charge in [0.25, 0.3) is 0 Å². The van der Waals surface area contributed by atoms with Crippen molar-refractivity contribution < 1.29 is 14.3 Å². The summed E-state index contributed by atoms with van der Waals surface area (Å²) in [6, 6.07) is 14.7. The Morgan fingerprint density at radius 3 is 1.96 bits per heavy atom. The second kappa shape index (κ2) is 11.3. The molecule has 0 aliphatic carbocycles. The van der Waals surface area contributed by atoms with Crippen LogP contribution in [0.3, 0.4) is 0 Å². The lowest BCUT2D eigenvalue weighted by molar-refractivity contribution is -0.137. The monoisotopic (exact) mass is 366 g/mol. The van der Waals surface area contributed by atoms with Gasteiger partial charge in [-0.05, 0) is 61.4 Å². The summed E-state index contributed by atoms with van der Waals surface area (Å²) in [4.78, 5) is 10.9. The molecule has 27 heavy (non-hydrogen) atoms. The Labute approximate surface area is 158 Å². The van der Waals surface area contributed by atoms with Crippen molar-refractivity contribution in [3.8, 4) is 5.75 Å². The van der Waals surface area contributed by atoms with Gasteiger partial charge in [0.05, 0.1) is 30.3 Å². The zero-order valence-electron chi connectivity index (χ0n) is 15.2. The van der Waals surface area contributed by atoms with E-state index in [-0.39, 0.29) is 0 Å². The average Bonchev–Trinajstić information content (AvgIpc) is 2.71. The highest BCUT2D eigenvalue weighted by molar-refractivity contribution is 5.81. The van der Waals surface area contributed by atoms with Gasteiger partial charge in [0.15, 0.2) is 0 Å². The third-order valence-electron chi connectivity index (χ3n) is 3.40. The van der Waals surface area contributed by atoms with Crippen molar-refractivity contribution in [1.29, 1.82) is 0 Å². The van der Waals surface area contributed by atoms with Gasteiger partial charge >= 0.3 is 5.97 Å². The molecule has 0 saturated carbocycles. The summed E-state index contributed by atoms with van der Waals surface area (Å²) < 4.78 is 10.5. The average molecular weight is 366 g/mol. The van der Waals surface area contributed by atoms with Gasteiger partial charge in [0.1, 0.15) is 5.75 Å². The molecule has 0 bridgehead atoms. The summed E-state index contributed by atoms with van der Waals surface area (Å²) in [5, 5.41) is 16.0. The van der Waals surface area contributed by atoms with Crippen molar-refractivity contribution in [1.82, 2.24) is 0 Å². The molecular formula is C20H22N4O3. The highest BCUT2D eigenvalue weighted by atomic mass is 16.5. The molecule has 0 N–H and O–H groups in total. The van der Waals surface area contributed by atoms with Gasteiger partial charge < -0.3 is 9.47 Å². The van der Waals surface area contributed by atoms with Crippen LogP contribution >= 0.6 is 0 Å². The van der Waals surface area contributed by atoms with Crippen LogP contribution in [0.2, 0.25) is 0 Å². The molecule has 0 radical (unpaired) electrons. The van der Waals surface area contributed by atoms with Crippen LogP contribution in [0.1, 0.15) is 12.8 Å². The van der Waals surface area contributed by atoms with Crippen molar-refractivity contribution in [2.24, 2.45) is 20.5 Å². The lowest BCUT2D eigenvalue weighted by Crippen LogP contribution is -2.04. The lowest BCUT2D eigenvalue weighted by atomic mass is 10.3. The number of ether oxygens (including phenoxy) is 2. The van der Waals surface area contributed by atoms with Gasteiger partial charge in [-0.2, -0.15) is 20.5 Å². The predicted molar refractivity (Wildman–Crippen MR) is 103 cm³/mol. The molecule has 0 heterocycles. The molecule has 0 amide bonds. The number of benzene rings is 2. The molecule has 0 atom stereocenters. The number of hydrogen-bond acceptors (Lipinski definition) is 7. The fraction of sp³-hybridized carbons (Fsp3) is 0.250. The lowest BCUT2D eigenvalue weighted by Gasteiger charge is -2.06. The first-order valence-corrected chi connectivity index (χ1v) is 8.55. The van der Waals surface area contributed by atoms with Crippen molar-refractivity contribution in [3.63, 3.8) is 0 Å². The number of hydrogen-bond donors (Lipinski definition) is 0. The Morgan fingerprint density at radius 2 is 1.41 bits per heavy atom. The molecule has 0 aliphatic rings. The van der Waals surface area contributed by atoms with Gasteiger partial charge in [-0.25, -0.2) is 4.79 Å². The molecule has 0 unspecified atom stereocenters. The second-order valence-corrected chi connectivity index (χ2v) is 5.44. The molecule has 0 saturated heterocycles. The maximum Gasteiger partial charge on any atom is 0.330 e. The Balaban J connectivity index is 1.74. The van der Waals surface area contributed by atoms with Gasteiger partial charge in [0.2, 0.25) is 0 Å². The summed E-state index contributed by atoms with van der Waals surface area (Å²) in [5.41, 5.74) is 2.25. The molecule has 140 valence electrons. The molecule has 0 aromatic heterocycles. The highest BCUT2D eigenvalue weighted by Crippen LogP contribution is 2.23. The number of carbonyl (C=O) groups excluding carboxylic acids is 1. The zero-order valence-corrected chi connectivity index (χ0v) is 15.2. The highest BCUT2D eigenvalue weighted by Gasteiger charge is 1.98. The second-order valence-electron chi connectivity index (χ2n) is 5.44. The van der Waals surface area contributed by atoms with Crippen LogP contribution in [0.15, 0.2) is 81.6 Å². The van der Waals surface area contributed by atoms with E-state index >= 15 is 0 Å². The topological polar surface area (TPSA) is 85.0 Å². The van der Waals surface area contributed by atoms with E-state index in [0.717, 1.165) is 41.7 Å². The minimum Gasteiger partial charge on any atom is -0.494 e. The molecule has 7 nitrogen and oxygen atoms in total. The predicted octanol–water partition coefficient (Wildman–Crippen LogP) is 5.70. The van der Waals surface area contributed by atoms with Gasteiger partial charge in [0, 0.05) is 13.1 Å².